The lowest BCUT2D eigenvalue weighted by molar-refractivity contribution is -0.167. The molecule has 39 heavy (non-hydrogen) atoms. The molecule has 1 aliphatic rings. The molecule has 6 nitrogen and oxygen atoms in total. The van der Waals surface area contributed by atoms with Crippen molar-refractivity contribution < 1.29 is 19.1 Å². The van der Waals surface area contributed by atoms with Crippen LogP contribution in [0, 0.1) is 5.92 Å². The van der Waals surface area contributed by atoms with Gasteiger partial charge in [0.2, 0.25) is 0 Å². The highest BCUT2D eigenvalue weighted by Gasteiger charge is 2.33. The Bertz CT molecular complexity index is 1200. The summed E-state index contributed by atoms with van der Waals surface area (Å²) in [7, 11) is 0. The van der Waals surface area contributed by atoms with Crippen molar-refractivity contribution in [3.8, 4) is 10.4 Å². The van der Waals surface area contributed by atoms with Crippen molar-refractivity contribution in [1.29, 1.82) is 0 Å². The van der Waals surface area contributed by atoms with Crippen LogP contribution in [0.5, 0.6) is 0 Å². The van der Waals surface area contributed by atoms with E-state index in [0.717, 1.165) is 36.1 Å². The minimum absolute atomic E-state index is 0.146. The summed E-state index contributed by atoms with van der Waals surface area (Å²) in [6.45, 7) is 11.6. The van der Waals surface area contributed by atoms with Crippen molar-refractivity contribution in [2.75, 3.05) is 24.3 Å². The van der Waals surface area contributed by atoms with Gasteiger partial charge < -0.3 is 20.5 Å². The lowest BCUT2D eigenvalue weighted by Gasteiger charge is -2.35. The summed E-state index contributed by atoms with van der Waals surface area (Å²) in [4.78, 5) is 24.6. The van der Waals surface area contributed by atoms with Gasteiger partial charge in [0.25, 0.3) is 5.91 Å². The van der Waals surface area contributed by atoms with Crippen LogP contribution in [0.15, 0.2) is 60.0 Å². The predicted molar refractivity (Wildman–Crippen MR) is 161 cm³/mol. The summed E-state index contributed by atoms with van der Waals surface area (Å²) in [5.41, 5.74) is 9.99. The van der Waals surface area contributed by atoms with Gasteiger partial charge in [-0.15, -0.1) is 11.3 Å². The van der Waals surface area contributed by atoms with E-state index in [9.17, 15) is 9.59 Å². The maximum absolute atomic E-state index is 12.7. The first-order valence-corrected chi connectivity index (χ1v) is 14.7. The van der Waals surface area contributed by atoms with Gasteiger partial charge in [-0.3, -0.25) is 9.59 Å². The molecule has 2 aromatic carbocycles. The van der Waals surface area contributed by atoms with E-state index in [2.05, 4.69) is 44.3 Å². The Balaban J connectivity index is 0.000000293. The van der Waals surface area contributed by atoms with Crippen LogP contribution in [0.1, 0.15) is 82.1 Å². The zero-order valence-electron chi connectivity index (χ0n) is 23.8. The number of benzene rings is 2. The number of esters is 1. The fourth-order valence-electron chi connectivity index (χ4n) is 4.65. The first-order valence-electron chi connectivity index (χ1n) is 13.8. The number of nitrogens with two attached hydrogens (primary N) is 1. The number of carbonyl (C=O) groups is 2. The molecule has 1 amide bonds. The summed E-state index contributed by atoms with van der Waals surface area (Å²) in [5.74, 6) is 0.765. The Morgan fingerprint density at radius 2 is 1.77 bits per heavy atom. The smallest absolute Gasteiger partial charge is 0.303 e. The van der Waals surface area contributed by atoms with Crippen LogP contribution in [-0.2, 0) is 14.3 Å². The predicted octanol–water partition coefficient (Wildman–Crippen LogP) is 7.91. The number of ether oxygens (including phenoxy) is 2. The molecule has 3 N–H and O–H groups in total. The van der Waals surface area contributed by atoms with Gasteiger partial charge in [-0.05, 0) is 65.1 Å². The minimum atomic E-state index is -0.232. The van der Waals surface area contributed by atoms with Crippen molar-refractivity contribution in [1.82, 2.24) is 0 Å². The Kier molecular flexibility index (Phi) is 11.1. The van der Waals surface area contributed by atoms with Gasteiger partial charge in [0.1, 0.15) is 5.60 Å². The molecule has 210 valence electrons. The second-order valence-electron chi connectivity index (χ2n) is 10.3. The van der Waals surface area contributed by atoms with Crippen LogP contribution in [0.4, 0.5) is 11.4 Å². The van der Waals surface area contributed by atoms with E-state index in [4.69, 9.17) is 15.2 Å². The summed E-state index contributed by atoms with van der Waals surface area (Å²) in [6.07, 6.45) is 3.70. The average Bonchev–Trinajstić information content (AvgIpc) is 3.49. The minimum Gasteiger partial charge on any atom is -0.459 e. The number of nitrogens with one attached hydrogen (secondary N) is 1. The van der Waals surface area contributed by atoms with Gasteiger partial charge in [-0.25, -0.2) is 0 Å². The molecular weight excluding hydrogens is 508 g/mol. The van der Waals surface area contributed by atoms with Crippen LogP contribution in [0.2, 0.25) is 0 Å². The number of nitrogen functional groups attached to an aromatic ring is 1. The molecule has 0 saturated carbocycles. The van der Waals surface area contributed by atoms with E-state index in [-0.39, 0.29) is 17.5 Å². The zero-order valence-corrected chi connectivity index (χ0v) is 24.6. The van der Waals surface area contributed by atoms with Crippen LogP contribution in [-0.4, -0.2) is 30.7 Å². The Labute approximate surface area is 236 Å². The number of hydrogen-bond donors (Lipinski definition) is 2. The SMILES string of the molecule is CCC(C)C(C)c1ccc(C(=O)Nc2cc(-c3cccs3)ccc2N)cc1.CCC1(OC(C)=O)CCOCC1. The molecule has 0 aliphatic carbocycles. The Hall–Kier alpha value is -3.16. The maximum atomic E-state index is 12.7. The number of anilines is 2. The molecule has 1 fully saturated rings. The molecule has 2 unspecified atom stereocenters. The molecule has 2 atom stereocenters. The Morgan fingerprint density at radius 1 is 1.08 bits per heavy atom. The maximum Gasteiger partial charge on any atom is 0.303 e. The summed E-state index contributed by atoms with van der Waals surface area (Å²) >= 11 is 1.66. The van der Waals surface area contributed by atoms with Crippen LogP contribution < -0.4 is 11.1 Å². The van der Waals surface area contributed by atoms with Gasteiger partial charge in [-0.1, -0.05) is 58.4 Å². The van der Waals surface area contributed by atoms with Crippen LogP contribution >= 0.6 is 11.3 Å². The molecule has 3 aromatic rings. The fourth-order valence-corrected chi connectivity index (χ4v) is 5.38. The molecule has 4 rings (SSSR count). The summed E-state index contributed by atoms with van der Waals surface area (Å²) in [6, 6.07) is 17.7. The van der Waals surface area contributed by atoms with E-state index in [0.29, 0.717) is 42.0 Å². The van der Waals surface area contributed by atoms with Gasteiger partial charge >= 0.3 is 5.97 Å². The van der Waals surface area contributed by atoms with Crippen molar-refractivity contribution in [3.63, 3.8) is 0 Å². The summed E-state index contributed by atoms with van der Waals surface area (Å²) in [5, 5.41) is 4.99. The largest absolute Gasteiger partial charge is 0.459 e. The van der Waals surface area contributed by atoms with Crippen molar-refractivity contribution in [3.05, 3.63) is 71.1 Å². The molecule has 1 saturated heterocycles. The van der Waals surface area contributed by atoms with E-state index >= 15 is 0 Å². The number of amides is 1. The quantitative estimate of drug-likeness (QED) is 0.220. The normalized spacial score (nSPS) is 15.8. The fraction of sp³-hybridized carbons (Fsp3) is 0.438. The highest BCUT2D eigenvalue weighted by Crippen LogP contribution is 2.31. The van der Waals surface area contributed by atoms with E-state index in [1.54, 1.807) is 11.3 Å². The topological polar surface area (TPSA) is 90.7 Å². The number of hydrogen-bond acceptors (Lipinski definition) is 6. The molecule has 7 heteroatoms. The lowest BCUT2D eigenvalue weighted by atomic mass is 9.87. The standard InChI is InChI=1S/C23H26N2OS.C9H16O3/c1-4-15(2)16(3)17-7-9-18(10-8-17)23(26)25-21-14-19(11-12-20(21)24)22-6-5-13-27-22;1-3-9(12-8(2)10)4-6-11-7-5-9/h5-16H,4,24H2,1-3H3,(H,25,26);3-7H2,1-2H3. The Morgan fingerprint density at radius 3 is 2.33 bits per heavy atom. The van der Waals surface area contributed by atoms with Gasteiger partial charge in [0.15, 0.2) is 0 Å². The van der Waals surface area contributed by atoms with Crippen LogP contribution in [0.3, 0.4) is 0 Å². The van der Waals surface area contributed by atoms with E-state index in [1.807, 2.05) is 48.7 Å². The van der Waals surface area contributed by atoms with Crippen molar-refractivity contribution >= 4 is 34.6 Å². The monoisotopic (exact) mass is 550 g/mol. The second-order valence-corrected chi connectivity index (χ2v) is 11.2. The molecule has 1 aliphatic heterocycles. The van der Waals surface area contributed by atoms with E-state index < -0.39 is 0 Å². The molecule has 0 bridgehead atoms. The molecular formula is C32H42N2O4S. The number of carbonyl (C=O) groups excluding carboxylic acids is 2. The lowest BCUT2D eigenvalue weighted by Crippen LogP contribution is -2.39. The van der Waals surface area contributed by atoms with Gasteiger partial charge in [0.05, 0.1) is 24.6 Å². The number of rotatable bonds is 8. The molecule has 2 heterocycles. The van der Waals surface area contributed by atoms with E-state index in [1.165, 1.54) is 12.5 Å². The van der Waals surface area contributed by atoms with Gasteiger partial charge in [-0.2, -0.15) is 0 Å². The zero-order chi connectivity index (χ0) is 28.4. The highest BCUT2D eigenvalue weighted by molar-refractivity contribution is 7.13. The molecule has 1 aromatic heterocycles. The van der Waals surface area contributed by atoms with Crippen molar-refractivity contribution in [2.24, 2.45) is 5.92 Å². The first kappa shape index (κ1) is 30.4. The first-order chi connectivity index (χ1) is 18.7. The second kappa shape index (κ2) is 14.3. The van der Waals surface area contributed by atoms with Gasteiger partial charge in [0, 0.05) is 30.2 Å². The third kappa shape index (κ3) is 8.41. The molecule has 0 spiro atoms. The average molecular weight is 551 g/mol. The van der Waals surface area contributed by atoms with Crippen LogP contribution in [0.25, 0.3) is 10.4 Å². The van der Waals surface area contributed by atoms with Crippen molar-refractivity contribution in [2.45, 2.75) is 71.8 Å². The third-order valence-electron chi connectivity index (χ3n) is 7.71. The molecule has 0 radical (unpaired) electrons. The number of thiophene rings is 1. The summed E-state index contributed by atoms with van der Waals surface area (Å²) < 4.78 is 10.5. The third-order valence-corrected chi connectivity index (χ3v) is 8.63. The highest BCUT2D eigenvalue weighted by atomic mass is 32.1.